The third-order valence-electron chi connectivity index (χ3n) is 5.78. The summed E-state index contributed by atoms with van der Waals surface area (Å²) in [5, 5.41) is 2.99. The van der Waals surface area contributed by atoms with Crippen LogP contribution in [0.4, 0.5) is 0 Å². The number of ether oxygens (including phenoxy) is 2. The van der Waals surface area contributed by atoms with Gasteiger partial charge in [-0.3, -0.25) is 4.79 Å². The Kier molecular flexibility index (Phi) is 7.75. The van der Waals surface area contributed by atoms with Gasteiger partial charge in [0.05, 0.1) is 0 Å². The van der Waals surface area contributed by atoms with E-state index in [1.54, 1.807) is 0 Å². The molecule has 1 amide bonds. The zero-order valence-corrected chi connectivity index (χ0v) is 18.6. The van der Waals surface area contributed by atoms with Crippen LogP contribution in [-0.2, 0) is 11.3 Å². The molecular formula is C25H34N2O3. The van der Waals surface area contributed by atoms with Gasteiger partial charge in [0.2, 0.25) is 0 Å². The van der Waals surface area contributed by atoms with Gasteiger partial charge in [-0.05, 0) is 81.1 Å². The van der Waals surface area contributed by atoms with Gasteiger partial charge in [-0.2, -0.15) is 0 Å². The van der Waals surface area contributed by atoms with Crippen LogP contribution in [0.2, 0.25) is 0 Å². The highest BCUT2D eigenvalue weighted by Gasteiger charge is 2.19. The number of benzene rings is 2. The molecule has 2 aromatic carbocycles. The first-order chi connectivity index (χ1) is 14.4. The maximum atomic E-state index is 12.6. The summed E-state index contributed by atoms with van der Waals surface area (Å²) in [7, 11) is 2.15. The van der Waals surface area contributed by atoms with Crippen LogP contribution in [0.5, 0.6) is 11.5 Å². The summed E-state index contributed by atoms with van der Waals surface area (Å²) in [6, 6.07) is 13.9. The van der Waals surface area contributed by atoms with Crippen LogP contribution in [0.3, 0.4) is 0 Å². The van der Waals surface area contributed by atoms with E-state index in [9.17, 15) is 4.79 Å². The minimum absolute atomic E-state index is 0.0950. The lowest BCUT2D eigenvalue weighted by atomic mass is 10.1. The SMILES string of the molecule is CC[C@@H](Oc1ccc(C)c(C)c1)C(=O)NCc1ccc(OC2CCN(C)CC2)cc1. The molecule has 2 aromatic rings. The number of likely N-dealkylation sites (tertiary alicyclic amines) is 1. The predicted octanol–water partition coefficient (Wildman–Crippen LogP) is 4.25. The summed E-state index contributed by atoms with van der Waals surface area (Å²) < 4.78 is 12.0. The Hall–Kier alpha value is -2.53. The molecule has 5 nitrogen and oxygen atoms in total. The molecule has 0 aromatic heterocycles. The average molecular weight is 411 g/mol. The van der Waals surface area contributed by atoms with Crippen molar-refractivity contribution in [2.24, 2.45) is 0 Å². The summed E-state index contributed by atoms with van der Waals surface area (Å²) in [4.78, 5) is 14.9. The second-order valence-corrected chi connectivity index (χ2v) is 8.24. The van der Waals surface area contributed by atoms with Gasteiger partial charge in [0, 0.05) is 19.6 Å². The van der Waals surface area contributed by atoms with E-state index in [1.807, 2.05) is 56.3 Å². The van der Waals surface area contributed by atoms with Crippen molar-refractivity contribution in [3.8, 4) is 11.5 Å². The number of rotatable bonds is 8. The lowest BCUT2D eigenvalue weighted by Crippen LogP contribution is -2.37. The maximum Gasteiger partial charge on any atom is 0.261 e. The van der Waals surface area contributed by atoms with Gasteiger partial charge in [-0.1, -0.05) is 25.1 Å². The molecule has 0 aliphatic carbocycles. The van der Waals surface area contributed by atoms with Gasteiger partial charge in [0.15, 0.2) is 6.10 Å². The lowest BCUT2D eigenvalue weighted by molar-refractivity contribution is -0.128. The monoisotopic (exact) mass is 410 g/mol. The van der Waals surface area contributed by atoms with Crippen molar-refractivity contribution < 1.29 is 14.3 Å². The highest BCUT2D eigenvalue weighted by atomic mass is 16.5. The van der Waals surface area contributed by atoms with Crippen LogP contribution in [-0.4, -0.2) is 43.2 Å². The van der Waals surface area contributed by atoms with Crippen LogP contribution in [0.15, 0.2) is 42.5 Å². The van der Waals surface area contributed by atoms with Gasteiger partial charge >= 0.3 is 0 Å². The molecule has 5 heteroatoms. The van der Waals surface area contributed by atoms with Crippen LogP contribution < -0.4 is 14.8 Å². The summed E-state index contributed by atoms with van der Waals surface area (Å²) in [6.07, 6.45) is 2.53. The molecule has 0 spiro atoms. The van der Waals surface area contributed by atoms with Crippen molar-refractivity contribution in [2.75, 3.05) is 20.1 Å². The predicted molar refractivity (Wildman–Crippen MR) is 120 cm³/mol. The van der Waals surface area contributed by atoms with Gasteiger partial charge in [-0.15, -0.1) is 0 Å². The van der Waals surface area contributed by atoms with Crippen molar-refractivity contribution in [1.29, 1.82) is 0 Å². The van der Waals surface area contributed by atoms with E-state index in [-0.39, 0.29) is 5.91 Å². The number of piperidine rings is 1. The molecule has 162 valence electrons. The Morgan fingerprint density at radius 1 is 1.07 bits per heavy atom. The van der Waals surface area contributed by atoms with E-state index in [0.717, 1.165) is 48.6 Å². The Labute approximate surface area is 180 Å². The largest absolute Gasteiger partial charge is 0.490 e. The smallest absolute Gasteiger partial charge is 0.261 e. The fourth-order valence-electron chi connectivity index (χ4n) is 3.56. The minimum Gasteiger partial charge on any atom is -0.490 e. The number of carbonyl (C=O) groups excluding carboxylic acids is 1. The summed E-state index contributed by atoms with van der Waals surface area (Å²) in [5.74, 6) is 1.53. The summed E-state index contributed by atoms with van der Waals surface area (Å²) >= 11 is 0. The number of carbonyl (C=O) groups is 1. The third-order valence-corrected chi connectivity index (χ3v) is 5.78. The molecule has 0 unspecified atom stereocenters. The molecule has 1 saturated heterocycles. The standard InChI is InChI=1S/C25H34N2O3/c1-5-24(30-23-9-6-18(2)19(3)16-23)25(28)26-17-20-7-10-21(11-8-20)29-22-12-14-27(4)15-13-22/h6-11,16,22,24H,5,12-15,17H2,1-4H3,(H,26,28)/t24-/m1/s1. The van der Waals surface area contributed by atoms with Crippen molar-refractivity contribution in [2.45, 2.75) is 58.8 Å². The minimum atomic E-state index is -0.501. The quantitative estimate of drug-likeness (QED) is 0.707. The van der Waals surface area contributed by atoms with Gasteiger partial charge < -0.3 is 19.7 Å². The van der Waals surface area contributed by atoms with Crippen molar-refractivity contribution in [1.82, 2.24) is 10.2 Å². The Balaban J connectivity index is 1.48. The number of aryl methyl sites for hydroxylation is 2. The van der Waals surface area contributed by atoms with Gasteiger partial charge in [0.1, 0.15) is 17.6 Å². The van der Waals surface area contributed by atoms with E-state index in [0.29, 0.717) is 19.1 Å². The summed E-state index contributed by atoms with van der Waals surface area (Å²) in [6.45, 7) is 8.70. The van der Waals surface area contributed by atoms with Crippen LogP contribution >= 0.6 is 0 Å². The van der Waals surface area contributed by atoms with E-state index in [4.69, 9.17) is 9.47 Å². The second kappa shape index (κ2) is 10.5. The highest BCUT2D eigenvalue weighted by molar-refractivity contribution is 5.81. The zero-order chi connectivity index (χ0) is 21.5. The molecule has 1 heterocycles. The van der Waals surface area contributed by atoms with Gasteiger partial charge in [-0.25, -0.2) is 0 Å². The Morgan fingerprint density at radius 3 is 2.37 bits per heavy atom. The molecule has 1 N–H and O–H groups in total. The zero-order valence-electron chi connectivity index (χ0n) is 18.6. The molecule has 0 bridgehead atoms. The Bertz CT molecular complexity index is 827. The number of nitrogens with one attached hydrogen (secondary N) is 1. The van der Waals surface area contributed by atoms with Gasteiger partial charge in [0.25, 0.3) is 5.91 Å². The number of hydrogen-bond donors (Lipinski definition) is 1. The fraction of sp³-hybridized carbons (Fsp3) is 0.480. The van der Waals surface area contributed by atoms with Crippen LogP contribution in [0.1, 0.15) is 42.9 Å². The molecule has 3 rings (SSSR count). The van der Waals surface area contributed by atoms with E-state index >= 15 is 0 Å². The highest BCUT2D eigenvalue weighted by Crippen LogP contribution is 2.20. The Morgan fingerprint density at radius 2 is 1.73 bits per heavy atom. The first kappa shape index (κ1) is 22.2. The maximum absolute atomic E-state index is 12.6. The van der Waals surface area contributed by atoms with Crippen molar-refractivity contribution >= 4 is 5.91 Å². The number of amides is 1. The topological polar surface area (TPSA) is 50.8 Å². The molecule has 1 atom stereocenters. The average Bonchev–Trinajstić information content (AvgIpc) is 2.75. The molecule has 1 aliphatic rings. The van der Waals surface area contributed by atoms with Crippen molar-refractivity contribution in [3.05, 3.63) is 59.2 Å². The summed E-state index contributed by atoms with van der Waals surface area (Å²) in [5.41, 5.74) is 3.41. The first-order valence-electron chi connectivity index (χ1n) is 10.9. The molecule has 30 heavy (non-hydrogen) atoms. The molecule has 0 radical (unpaired) electrons. The molecule has 1 aliphatic heterocycles. The van der Waals surface area contributed by atoms with E-state index in [2.05, 4.69) is 24.2 Å². The van der Waals surface area contributed by atoms with Crippen LogP contribution in [0, 0.1) is 13.8 Å². The molecule has 0 saturated carbocycles. The first-order valence-corrected chi connectivity index (χ1v) is 10.9. The normalized spacial score (nSPS) is 16.1. The van der Waals surface area contributed by atoms with Crippen molar-refractivity contribution in [3.63, 3.8) is 0 Å². The number of nitrogens with zero attached hydrogens (tertiary/aromatic N) is 1. The third kappa shape index (κ3) is 6.23. The van der Waals surface area contributed by atoms with Crippen LogP contribution in [0.25, 0.3) is 0 Å². The lowest BCUT2D eigenvalue weighted by Gasteiger charge is -2.29. The second-order valence-electron chi connectivity index (χ2n) is 8.24. The molecular weight excluding hydrogens is 376 g/mol. The van der Waals surface area contributed by atoms with E-state index in [1.165, 1.54) is 5.56 Å². The van der Waals surface area contributed by atoms with E-state index < -0.39 is 6.10 Å². The number of hydrogen-bond acceptors (Lipinski definition) is 4. The fourth-order valence-corrected chi connectivity index (χ4v) is 3.56. The molecule has 1 fully saturated rings.